The molecule has 3 N–H and O–H groups in total. The van der Waals surface area contributed by atoms with Crippen molar-refractivity contribution in [3.05, 3.63) is 28.2 Å². The third-order valence-corrected chi connectivity index (χ3v) is 2.74. The summed E-state index contributed by atoms with van der Waals surface area (Å²) in [6, 6.07) is 4.82. The Balaban J connectivity index is 0.00000324. The van der Waals surface area contributed by atoms with E-state index in [0.717, 1.165) is 0 Å². The third-order valence-electron chi connectivity index (χ3n) is 2.00. The number of hydrogen-bond donors (Lipinski definition) is 2. The first-order chi connectivity index (χ1) is 8.28. The van der Waals surface area contributed by atoms with Crippen LogP contribution in [0.5, 0.6) is 5.75 Å². The number of amides is 1. The van der Waals surface area contributed by atoms with E-state index in [1.165, 1.54) is 0 Å². The van der Waals surface area contributed by atoms with Crippen LogP contribution in [0.25, 0.3) is 0 Å². The number of rotatable bonds is 5. The van der Waals surface area contributed by atoms with Crippen molar-refractivity contribution >= 4 is 41.5 Å². The van der Waals surface area contributed by atoms with Crippen LogP contribution in [-0.4, -0.2) is 24.6 Å². The zero-order valence-electron chi connectivity index (χ0n) is 10.7. The maximum Gasteiger partial charge on any atom is 0.258 e. The first-order valence-electron chi connectivity index (χ1n) is 5.41. The first-order valence-corrected chi connectivity index (χ1v) is 6.17. The Labute approximate surface area is 129 Å². The number of ether oxygens (including phenoxy) is 1. The highest BCUT2D eigenvalue weighted by atomic mass is 35.5. The lowest BCUT2D eigenvalue weighted by atomic mass is 10.1. The minimum absolute atomic E-state index is 0. The second kappa shape index (κ2) is 7.80. The van der Waals surface area contributed by atoms with Crippen molar-refractivity contribution in [1.82, 2.24) is 5.32 Å². The van der Waals surface area contributed by atoms with E-state index in [-0.39, 0.29) is 24.9 Å². The largest absolute Gasteiger partial charge is 0.484 e. The van der Waals surface area contributed by atoms with Gasteiger partial charge in [0.05, 0.1) is 10.0 Å². The van der Waals surface area contributed by atoms with E-state index in [4.69, 9.17) is 33.7 Å². The highest BCUT2D eigenvalue weighted by molar-refractivity contribution is 6.42. The predicted molar refractivity (Wildman–Crippen MR) is 80.5 cm³/mol. The molecule has 19 heavy (non-hydrogen) atoms. The molecule has 1 amide bonds. The molecular formula is C12H17Cl3N2O2. The Hall–Kier alpha value is -0.680. The summed E-state index contributed by atoms with van der Waals surface area (Å²) in [7, 11) is 0. The molecule has 0 unspecified atom stereocenters. The number of nitrogens with two attached hydrogens (primary N) is 1. The van der Waals surface area contributed by atoms with Crippen molar-refractivity contribution in [2.75, 3.05) is 13.2 Å². The molecule has 0 spiro atoms. The number of nitrogens with one attached hydrogen (secondary N) is 1. The van der Waals surface area contributed by atoms with Gasteiger partial charge in [0.2, 0.25) is 0 Å². The van der Waals surface area contributed by atoms with Gasteiger partial charge in [-0.1, -0.05) is 23.2 Å². The Morgan fingerprint density at radius 1 is 1.37 bits per heavy atom. The van der Waals surface area contributed by atoms with Gasteiger partial charge in [-0.05, 0) is 26.0 Å². The smallest absolute Gasteiger partial charge is 0.258 e. The third kappa shape index (κ3) is 7.47. The summed E-state index contributed by atoms with van der Waals surface area (Å²) in [5.74, 6) is 0.256. The molecule has 108 valence electrons. The van der Waals surface area contributed by atoms with Gasteiger partial charge < -0.3 is 15.8 Å². The fourth-order valence-corrected chi connectivity index (χ4v) is 1.38. The van der Waals surface area contributed by atoms with Gasteiger partial charge in [-0.2, -0.15) is 0 Å². The van der Waals surface area contributed by atoms with Gasteiger partial charge in [0.15, 0.2) is 6.61 Å². The highest BCUT2D eigenvalue weighted by Crippen LogP contribution is 2.26. The number of carbonyl (C=O) groups is 1. The molecule has 0 saturated carbocycles. The standard InChI is InChI=1S/C12H16Cl2N2O2.ClH/c1-12(2,15)7-16-11(17)6-18-8-3-4-9(13)10(14)5-8;/h3-5H,6-7,15H2,1-2H3,(H,16,17);1H. The summed E-state index contributed by atoms with van der Waals surface area (Å²) in [6.07, 6.45) is 0. The molecule has 0 bridgehead atoms. The van der Waals surface area contributed by atoms with E-state index in [0.29, 0.717) is 22.3 Å². The lowest BCUT2D eigenvalue weighted by molar-refractivity contribution is -0.123. The maximum atomic E-state index is 11.5. The van der Waals surface area contributed by atoms with Gasteiger partial charge in [0.1, 0.15) is 5.75 Å². The minimum Gasteiger partial charge on any atom is -0.484 e. The molecule has 0 aromatic heterocycles. The van der Waals surface area contributed by atoms with Crippen LogP contribution < -0.4 is 15.8 Å². The van der Waals surface area contributed by atoms with E-state index < -0.39 is 5.54 Å². The Kier molecular flexibility index (Phi) is 7.52. The van der Waals surface area contributed by atoms with Crippen molar-refractivity contribution in [2.24, 2.45) is 5.73 Å². The van der Waals surface area contributed by atoms with Crippen LogP contribution >= 0.6 is 35.6 Å². The van der Waals surface area contributed by atoms with Gasteiger partial charge in [-0.25, -0.2) is 0 Å². The minimum atomic E-state index is -0.445. The molecule has 1 aromatic rings. The highest BCUT2D eigenvalue weighted by Gasteiger charge is 2.12. The molecule has 0 saturated heterocycles. The first kappa shape index (κ1) is 18.3. The summed E-state index contributed by atoms with van der Waals surface area (Å²) < 4.78 is 5.27. The molecule has 7 heteroatoms. The van der Waals surface area contributed by atoms with Crippen molar-refractivity contribution < 1.29 is 9.53 Å². The SMILES string of the molecule is CC(C)(N)CNC(=O)COc1ccc(Cl)c(Cl)c1.Cl. The lowest BCUT2D eigenvalue weighted by Crippen LogP contribution is -2.46. The van der Waals surface area contributed by atoms with E-state index in [2.05, 4.69) is 5.32 Å². The second-order valence-corrected chi connectivity index (χ2v) is 5.44. The van der Waals surface area contributed by atoms with Crippen molar-refractivity contribution in [2.45, 2.75) is 19.4 Å². The van der Waals surface area contributed by atoms with Crippen LogP contribution in [0.3, 0.4) is 0 Å². The van der Waals surface area contributed by atoms with Crippen LogP contribution in [0.15, 0.2) is 18.2 Å². The monoisotopic (exact) mass is 326 g/mol. The van der Waals surface area contributed by atoms with Crippen LogP contribution in [0.4, 0.5) is 0 Å². The zero-order chi connectivity index (χ0) is 13.8. The Morgan fingerprint density at radius 2 is 2.00 bits per heavy atom. The van der Waals surface area contributed by atoms with Crippen LogP contribution in [-0.2, 0) is 4.79 Å². The normalized spacial score (nSPS) is 10.6. The molecule has 0 aliphatic heterocycles. The van der Waals surface area contributed by atoms with Crippen LogP contribution in [0.1, 0.15) is 13.8 Å². The molecule has 4 nitrogen and oxygen atoms in total. The lowest BCUT2D eigenvalue weighted by Gasteiger charge is -2.18. The van der Waals surface area contributed by atoms with Gasteiger partial charge in [-0.15, -0.1) is 12.4 Å². The number of hydrogen-bond acceptors (Lipinski definition) is 3. The van der Waals surface area contributed by atoms with Gasteiger partial charge in [-0.3, -0.25) is 4.79 Å². The summed E-state index contributed by atoms with van der Waals surface area (Å²) in [5, 5.41) is 3.50. The Morgan fingerprint density at radius 3 is 2.53 bits per heavy atom. The molecule has 1 rings (SSSR count). The van der Waals surface area contributed by atoms with Crippen LogP contribution in [0.2, 0.25) is 10.0 Å². The summed E-state index contributed by atoms with van der Waals surface area (Å²) in [4.78, 5) is 11.5. The summed E-state index contributed by atoms with van der Waals surface area (Å²) in [6.45, 7) is 3.95. The van der Waals surface area contributed by atoms with Crippen molar-refractivity contribution in [1.29, 1.82) is 0 Å². The fraction of sp³-hybridized carbons (Fsp3) is 0.417. The quantitative estimate of drug-likeness (QED) is 0.874. The maximum absolute atomic E-state index is 11.5. The number of halogens is 3. The molecular weight excluding hydrogens is 311 g/mol. The summed E-state index contributed by atoms with van der Waals surface area (Å²) in [5.41, 5.74) is 5.29. The van der Waals surface area contributed by atoms with Crippen molar-refractivity contribution in [3.8, 4) is 5.75 Å². The van der Waals surface area contributed by atoms with Gasteiger partial charge >= 0.3 is 0 Å². The van der Waals surface area contributed by atoms with E-state index in [1.807, 2.05) is 13.8 Å². The molecule has 0 atom stereocenters. The molecule has 0 aliphatic carbocycles. The van der Waals surface area contributed by atoms with Crippen molar-refractivity contribution in [3.63, 3.8) is 0 Å². The van der Waals surface area contributed by atoms with Crippen LogP contribution in [0, 0.1) is 0 Å². The Bertz CT molecular complexity index is 433. The zero-order valence-corrected chi connectivity index (χ0v) is 13.0. The average molecular weight is 328 g/mol. The van der Waals surface area contributed by atoms with Gasteiger partial charge in [0, 0.05) is 18.2 Å². The molecule has 1 aromatic carbocycles. The van der Waals surface area contributed by atoms with E-state index in [9.17, 15) is 4.79 Å². The molecule has 0 fully saturated rings. The average Bonchev–Trinajstić information content (AvgIpc) is 2.27. The topological polar surface area (TPSA) is 64.3 Å². The molecule has 0 aliphatic rings. The molecule has 0 heterocycles. The second-order valence-electron chi connectivity index (χ2n) is 4.63. The van der Waals surface area contributed by atoms with Gasteiger partial charge in [0.25, 0.3) is 5.91 Å². The van der Waals surface area contributed by atoms with E-state index in [1.54, 1.807) is 18.2 Å². The number of benzene rings is 1. The molecule has 0 radical (unpaired) electrons. The summed E-state index contributed by atoms with van der Waals surface area (Å²) >= 11 is 11.6. The predicted octanol–water partition coefficient (Wildman–Crippen LogP) is 2.65. The van der Waals surface area contributed by atoms with E-state index >= 15 is 0 Å². The number of carbonyl (C=O) groups excluding carboxylic acids is 1. The fourth-order valence-electron chi connectivity index (χ4n) is 1.09.